The number of carbonyl (C=O) groups is 1. The van der Waals surface area contributed by atoms with E-state index in [-0.39, 0.29) is 0 Å². The molecule has 0 amide bonds. The van der Waals surface area contributed by atoms with E-state index in [1.54, 1.807) is 0 Å². The number of nitroso groups, excluding NO2 is 1. The molecule has 0 radical (unpaired) electrons. The van der Waals surface area contributed by atoms with E-state index < -0.39 is 12.0 Å². The smallest absolute Gasteiger partial charge is 0.334 e. The fraction of sp³-hybridized carbons (Fsp3) is 0.462. The molecule has 0 bridgehead atoms. The Morgan fingerprint density at radius 3 is 2.45 bits per heavy atom. The van der Waals surface area contributed by atoms with Crippen molar-refractivity contribution in [2.75, 3.05) is 13.7 Å². The fourth-order valence-corrected chi connectivity index (χ4v) is 3.27. The van der Waals surface area contributed by atoms with E-state index in [0.717, 1.165) is 14.5 Å². The van der Waals surface area contributed by atoms with Crippen LogP contribution in [0.5, 0.6) is 5.75 Å². The molecule has 0 aliphatic carbocycles. The molecule has 0 fully saturated rings. The first kappa shape index (κ1) is 17.1. The molecule has 0 saturated heterocycles. The van der Waals surface area contributed by atoms with Gasteiger partial charge in [-0.15, -0.1) is 4.91 Å². The average Bonchev–Trinajstić information content (AvgIpc) is 2.40. The molecule has 1 aromatic carbocycles. The first-order valence-electron chi connectivity index (χ1n) is 5.98. The monoisotopic (exact) mass is 407 g/mol. The summed E-state index contributed by atoms with van der Waals surface area (Å²) in [6.45, 7) is 2.36. The third kappa shape index (κ3) is 4.86. The van der Waals surface area contributed by atoms with Crippen molar-refractivity contribution in [3.05, 3.63) is 31.5 Å². The minimum absolute atomic E-state index is 0.303. The summed E-state index contributed by atoms with van der Waals surface area (Å²) in [5.41, 5.74) is 1.10. The van der Waals surface area contributed by atoms with Crippen molar-refractivity contribution in [3.8, 4) is 5.75 Å². The first-order valence-corrected chi connectivity index (χ1v) is 7.57. The lowest BCUT2D eigenvalue weighted by atomic mass is 10.2. The molecule has 110 valence electrons. The summed E-state index contributed by atoms with van der Waals surface area (Å²) in [7, 11) is 1.23. The number of methoxy groups -OCH3 is 1. The van der Waals surface area contributed by atoms with Crippen LogP contribution in [-0.2, 0) is 9.53 Å². The molecule has 1 unspecified atom stereocenters. The van der Waals surface area contributed by atoms with Gasteiger partial charge in [-0.2, -0.15) is 0 Å². The third-order valence-corrected chi connectivity index (χ3v) is 3.79. The Morgan fingerprint density at radius 1 is 1.35 bits per heavy atom. The number of hydrogen-bond donors (Lipinski definition) is 0. The molecule has 0 heterocycles. The number of nitrogens with zero attached hydrogens (tertiary/aromatic N) is 1. The Bertz CT molecular complexity index is 470. The molecule has 7 heteroatoms. The standard InChI is InChI=1S/C13H15Br2NO4/c1-8-6-9(14)12(10(15)7-8)20-5-3-4-11(16-18)13(17)19-2/h6-7,11H,3-5H2,1-2H3. The first-order chi connectivity index (χ1) is 9.49. The minimum atomic E-state index is -0.964. The maximum absolute atomic E-state index is 11.2. The van der Waals surface area contributed by atoms with Crippen LogP contribution in [0.1, 0.15) is 18.4 Å². The highest BCUT2D eigenvalue weighted by molar-refractivity contribution is 9.11. The van der Waals surface area contributed by atoms with Crippen molar-refractivity contribution in [3.63, 3.8) is 0 Å². The van der Waals surface area contributed by atoms with Gasteiger partial charge in [-0.1, -0.05) is 5.18 Å². The van der Waals surface area contributed by atoms with E-state index in [0.29, 0.717) is 25.2 Å². The molecule has 0 saturated carbocycles. The Balaban J connectivity index is 2.49. The highest BCUT2D eigenvalue weighted by Crippen LogP contribution is 2.34. The number of halogens is 2. The average molecular weight is 409 g/mol. The number of ether oxygens (including phenoxy) is 2. The number of esters is 1. The Morgan fingerprint density at radius 2 is 1.95 bits per heavy atom. The van der Waals surface area contributed by atoms with Gasteiger partial charge in [0.25, 0.3) is 0 Å². The van der Waals surface area contributed by atoms with Gasteiger partial charge in [0, 0.05) is 0 Å². The van der Waals surface area contributed by atoms with Gasteiger partial charge in [-0.05, 0) is 69.3 Å². The van der Waals surface area contributed by atoms with Gasteiger partial charge in [0.1, 0.15) is 5.75 Å². The zero-order valence-electron chi connectivity index (χ0n) is 11.2. The van der Waals surface area contributed by atoms with E-state index in [9.17, 15) is 9.70 Å². The van der Waals surface area contributed by atoms with Crippen molar-refractivity contribution in [2.24, 2.45) is 5.18 Å². The van der Waals surface area contributed by atoms with Gasteiger partial charge in [-0.3, -0.25) is 0 Å². The second kappa shape index (κ2) is 8.36. The van der Waals surface area contributed by atoms with Crippen LogP contribution >= 0.6 is 31.9 Å². The maximum Gasteiger partial charge on any atom is 0.334 e. The van der Waals surface area contributed by atoms with E-state index >= 15 is 0 Å². The summed E-state index contributed by atoms with van der Waals surface area (Å²) in [6, 6.07) is 2.93. The molecule has 1 atom stereocenters. The lowest BCUT2D eigenvalue weighted by Gasteiger charge is -2.12. The lowest BCUT2D eigenvalue weighted by molar-refractivity contribution is -0.142. The summed E-state index contributed by atoms with van der Waals surface area (Å²) >= 11 is 6.86. The topological polar surface area (TPSA) is 65.0 Å². The van der Waals surface area contributed by atoms with Gasteiger partial charge in [0.05, 0.1) is 22.7 Å². The van der Waals surface area contributed by atoms with Gasteiger partial charge in [-0.25, -0.2) is 4.79 Å². The van der Waals surface area contributed by atoms with Gasteiger partial charge >= 0.3 is 5.97 Å². The van der Waals surface area contributed by atoms with Gasteiger partial charge < -0.3 is 9.47 Å². The van der Waals surface area contributed by atoms with Crippen molar-refractivity contribution in [2.45, 2.75) is 25.8 Å². The predicted octanol–water partition coefficient (Wildman–Crippen LogP) is 3.99. The number of benzene rings is 1. The summed E-state index contributed by atoms with van der Waals surface area (Å²) in [5, 5.41) is 2.75. The van der Waals surface area contributed by atoms with E-state index in [4.69, 9.17) is 4.74 Å². The van der Waals surface area contributed by atoms with Crippen LogP contribution < -0.4 is 4.74 Å². The van der Waals surface area contributed by atoms with E-state index in [2.05, 4.69) is 41.8 Å². The molecule has 0 N–H and O–H groups in total. The Hall–Kier alpha value is -0.950. The van der Waals surface area contributed by atoms with Crippen molar-refractivity contribution < 1.29 is 14.3 Å². The predicted molar refractivity (Wildman–Crippen MR) is 82.9 cm³/mol. The number of aryl methyl sites for hydroxylation is 1. The second-order valence-electron chi connectivity index (χ2n) is 4.19. The Kier molecular flexibility index (Phi) is 7.15. The molecule has 0 aliphatic heterocycles. The molecular weight excluding hydrogens is 394 g/mol. The normalized spacial score (nSPS) is 11.8. The van der Waals surface area contributed by atoms with Crippen LogP contribution in [0.4, 0.5) is 0 Å². The van der Waals surface area contributed by atoms with Crippen molar-refractivity contribution in [1.29, 1.82) is 0 Å². The SMILES string of the molecule is COC(=O)C(CCCOc1c(Br)cc(C)cc1Br)N=O. The maximum atomic E-state index is 11.2. The van der Waals surface area contributed by atoms with Crippen molar-refractivity contribution in [1.82, 2.24) is 0 Å². The molecule has 0 aromatic heterocycles. The molecule has 5 nitrogen and oxygen atoms in total. The summed E-state index contributed by atoms with van der Waals surface area (Å²) in [4.78, 5) is 21.7. The second-order valence-corrected chi connectivity index (χ2v) is 5.90. The highest BCUT2D eigenvalue weighted by Gasteiger charge is 2.19. The van der Waals surface area contributed by atoms with Crippen LogP contribution in [0.3, 0.4) is 0 Å². The quantitative estimate of drug-likeness (QED) is 0.388. The van der Waals surface area contributed by atoms with Crippen molar-refractivity contribution >= 4 is 37.8 Å². The number of rotatable bonds is 7. The fourth-order valence-electron chi connectivity index (χ4n) is 1.63. The van der Waals surface area contributed by atoms with Gasteiger partial charge in [0.15, 0.2) is 6.04 Å². The van der Waals surface area contributed by atoms with Crippen LogP contribution in [0, 0.1) is 11.8 Å². The van der Waals surface area contributed by atoms with Gasteiger partial charge in [0.2, 0.25) is 0 Å². The molecule has 1 aromatic rings. The largest absolute Gasteiger partial charge is 0.491 e. The number of carbonyl (C=O) groups excluding carboxylic acids is 1. The van der Waals surface area contributed by atoms with Crippen LogP contribution in [-0.4, -0.2) is 25.7 Å². The molecule has 0 aliphatic rings. The lowest BCUT2D eigenvalue weighted by Crippen LogP contribution is -2.20. The molecule has 20 heavy (non-hydrogen) atoms. The van der Waals surface area contributed by atoms with E-state index in [1.807, 2.05) is 19.1 Å². The summed E-state index contributed by atoms with van der Waals surface area (Å²) in [5.74, 6) is 0.0852. The number of hydrogen-bond acceptors (Lipinski definition) is 5. The zero-order chi connectivity index (χ0) is 15.1. The highest BCUT2D eigenvalue weighted by atomic mass is 79.9. The van der Waals surface area contributed by atoms with E-state index in [1.165, 1.54) is 7.11 Å². The minimum Gasteiger partial charge on any atom is -0.491 e. The molecule has 1 rings (SSSR count). The molecular formula is C13H15Br2NO4. The summed E-state index contributed by atoms with van der Waals surface area (Å²) < 4.78 is 11.8. The Labute approximate surface area is 134 Å². The summed E-state index contributed by atoms with van der Waals surface area (Å²) in [6.07, 6.45) is 0.829. The zero-order valence-corrected chi connectivity index (χ0v) is 14.4. The molecule has 0 spiro atoms. The third-order valence-electron chi connectivity index (χ3n) is 2.61. The van der Waals surface area contributed by atoms with Crippen LogP contribution in [0.2, 0.25) is 0 Å². The van der Waals surface area contributed by atoms with Crippen LogP contribution in [0.15, 0.2) is 26.3 Å². The van der Waals surface area contributed by atoms with Crippen LogP contribution in [0.25, 0.3) is 0 Å².